The van der Waals surface area contributed by atoms with Crippen molar-refractivity contribution in [2.24, 2.45) is 0 Å². The van der Waals surface area contributed by atoms with Crippen molar-refractivity contribution in [3.63, 3.8) is 0 Å². The number of benzene rings is 5. The minimum Gasteiger partial charge on any atom is -0.0648 e. The van der Waals surface area contributed by atoms with Crippen LogP contribution in [0, 0.1) is 0 Å². The Morgan fingerprint density at radius 1 is 0.412 bits per heavy atom. The predicted molar refractivity (Wildman–Crippen MR) is 147 cm³/mol. The molecular formula is C34H30. The molecule has 5 aromatic carbocycles. The highest BCUT2D eigenvalue weighted by Gasteiger charge is 2.08. The van der Waals surface area contributed by atoms with Gasteiger partial charge in [0, 0.05) is 0 Å². The highest BCUT2D eigenvalue weighted by atomic mass is 14.1. The normalized spacial score (nSPS) is 11.8. The van der Waals surface area contributed by atoms with Crippen LogP contribution in [0.15, 0.2) is 127 Å². The van der Waals surface area contributed by atoms with Gasteiger partial charge in [0.2, 0.25) is 0 Å². The van der Waals surface area contributed by atoms with Gasteiger partial charge in [-0.1, -0.05) is 123 Å². The zero-order valence-corrected chi connectivity index (χ0v) is 19.9. The average molecular weight is 439 g/mol. The molecule has 0 nitrogen and oxygen atoms in total. The molecule has 0 spiro atoms. The van der Waals surface area contributed by atoms with Gasteiger partial charge in [0.25, 0.3) is 0 Å². The fourth-order valence-corrected chi connectivity index (χ4v) is 4.48. The topological polar surface area (TPSA) is 0 Å². The summed E-state index contributed by atoms with van der Waals surface area (Å²) >= 11 is 0. The fourth-order valence-electron chi connectivity index (χ4n) is 4.48. The average Bonchev–Trinajstić information content (AvgIpc) is 2.93. The lowest BCUT2D eigenvalue weighted by molar-refractivity contribution is 0.734. The summed E-state index contributed by atoms with van der Waals surface area (Å²) in [6, 6.07) is 46.2. The second-order valence-corrected chi connectivity index (χ2v) is 9.04. The summed E-state index contributed by atoms with van der Waals surface area (Å²) < 4.78 is 0. The van der Waals surface area contributed by atoms with Crippen LogP contribution >= 0.6 is 0 Å². The van der Waals surface area contributed by atoms with Gasteiger partial charge in [0.05, 0.1) is 0 Å². The molecule has 0 heterocycles. The van der Waals surface area contributed by atoms with Crippen LogP contribution in [0.3, 0.4) is 0 Å². The van der Waals surface area contributed by atoms with E-state index in [1.807, 2.05) is 0 Å². The molecule has 0 radical (unpaired) electrons. The first-order valence-corrected chi connectivity index (χ1v) is 12.2. The summed E-state index contributed by atoms with van der Waals surface area (Å²) in [5, 5.41) is 0. The molecular weight excluding hydrogens is 408 g/mol. The van der Waals surface area contributed by atoms with Crippen molar-refractivity contribution >= 4 is 0 Å². The fraction of sp³-hybridized carbons (Fsp3) is 0.118. The molecule has 0 fully saturated rings. The Bertz CT molecular complexity index is 1290. The van der Waals surface area contributed by atoms with Crippen molar-refractivity contribution in [3.8, 4) is 44.5 Å². The van der Waals surface area contributed by atoms with Crippen LogP contribution in [-0.2, 0) is 0 Å². The number of rotatable bonds is 6. The molecule has 0 saturated carbocycles. The van der Waals surface area contributed by atoms with Gasteiger partial charge >= 0.3 is 0 Å². The van der Waals surface area contributed by atoms with E-state index < -0.39 is 0 Å². The SMILES string of the molecule is CCC(C)c1ccc(-c2ccc(-c3cc(-c4ccccc4)cc(-c4ccccc4)c3)cc2)cc1. The van der Waals surface area contributed by atoms with Gasteiger partial charge in [-0.05, 0) is 80.6 Å². The van der Waals surface area contributed by atoms with E-state index >= 15 is 0 Å². The summed E-state index contributed by atoms with van der Waals surface area (Å²) in [7, 11) is 0. The van der Waals surface area contributed by atoms with Gasteiger partial charge in [0.15, 0.2) is 0 Å². The van der Waals surface area contributed by atoms with E-state index in [0.717, 1.165) is 0 Å². The third-order valence-corrected chi connectivity index (χ3v) is 6.79. The molecule has 1 unspecified atom stereocenters. The molecule has 0 amide bonds. The Balaban J connectivity index is 1.51. The molecule has 5 rings (SSSR count). The van der Waals surface area contributed by atoms with Crippen molar-refractivity contribution in [3.05, 3.63) is 133 Å². The zero-order chi connectivity index (χ0) is 23.3. The number of hydrogen-bond donors (Lipinski definition) is 0. The summed E-state index contributed by atoms with van der Waals surface area (Å²) in [4.78, 5) is 0. The summed E-state index contributed by atoms with van der Waals surface area (Å²) in [6.07, 6.45) is 1.17. The second-order valence-electron chi connectivity index (χ2n) is 9.04. The van der Waals surface area contributed by atoms with Crippen LogP contribution < -0.4 is 0 Å². The van der Waals surface area contributed by atoms with Gasteiger partial charge in [-0.2, -0.15) is 0 Å². The molecule has 1 atom stereocenters. The molecule has 0 bridgehead atoms. The molecule has 34 heavy (non-hydrogen) atoms. The van der Waals surface area contributed by atoms with Crippen molar-refractivity contribution in [2.45, 2.75) is 26.2 Å². The Morgan fingerprint density at radius 2 is 0.735 bits per heavy atom. The van der Waals surface area contributed by atoms with Crippen LogP contribution in [-0.4, -0.2) is 0 Å². The molecule has 166 valence electrons. The minimum atomic E-state index is 0.604. The van der Waals surface area contributed by atoms with E-state index in [1.165, 1.54) is 56.5 Å². The van der Waals surface area contributed by atoms with Crippen LogP contribution in [0.4, 0.5) is 0 Å². The monoisotopic (exact) mass is 438 g/mol. The third kappa shape index (κ3) is 4.72. The molecule has 0 aromatic heterocycles. The summed E-state index contributed by atoms with van der Waals surface area (Å²) in [6.45, 7) is 4.53. The maximum atomic E-state index is 2.30. The van der Waals surface area contributed by atoms with Crippen LogP contribution in [0.2, 0.25) is 0 Å². The van der Waals surface area contributed by atoms with Gasteiger partial charge in [-0.25, -0.2) is 0 Å². The highest BCUT2D eigenvalue weighted by molar-refractivity contribution is 5.82. The largest absolute Gasteiger partial charge is 0.0648 e. The summed E-state index contributed by atoms with van der Waals surface area (Å²) in [5.74, 6) is 0.604. The van der Waals surface area contributed by atoms with Gasteiger partial charge in [-0.3, -0.25) is 0 Å². The molecule has 0 saturated heterocycles. The van der Waals surface area contributed by atoms with E-state index in [2.05, 4.69) is 141 Å². The second kappa shape index (κ2) is 9.93. The Labute approximate surface area is 203 Å². The summed E-state index contributed by atoms with van der Waals surface area (Å²) in [5.41, 5.74) is 11.3. The van der Waals surface area contributed by atoms with Crippen molar-refractivity contribution < 1.29 is 0 Å². The van der Waals surface area contributed by atoms with Gasteiger partial charge in [-0.15, -0.1) is 0 Å². The smallest absolute Gasteiger partial charge is 0.0172 e. The predicted octanol–water partition coefficient (Wildman–Crippen LogP) is 9.87. The van der Waals surface area contributed by atoms with Crippen LogP contribution in [0.5, 0.6) is 0 Å². The lowest BCUT2D eigenvalue weighted by Gasteiger charge is -2.12. The molecule has 0 aliphatic carbocycles. The van der Waals surface area contributed by atoms with Gasteiger partial charge < -0.3 is 0 Å². The maximum absolute atomic E-state index is 2.30. The van der Waals surface area contributed by atoms with Gasteiger partial charge in [0.1, 0.15) is 0 Å². The van der Waals surface area contributed by atoms with Crippen molar-refractivity contribution in [1.29, 1.82) is 0 Å². The number of hydrogen-bond acceptors (Lipinski definition) is 0. The van der Waals surface area contributed by atoms with Crippen LogP contribution in [0.1, 0.15) is 31.7 Å². The third-order valence-electron chi connectivity index (χ3n) is 6.79. The minimum absolute atomic E-state index is 0.604. The van der Waals surface area contributed by atoms with Crippen molar-refractivity contribution in [1.82, 2.24) is 0 Å². The Kier molecular flexibility index (Phi) is 6.40. The van der Waals surface area contributed by atoms with E-state index in [4.69, 9.17) is 0 Å². The standard InChI is InChI=1S/C34H30/c1-3-25(2)26-14-16-29(17-15-26)30-18-20-31(21-19-30)34-23-32(27-10-6-4-7-11-27)22-33(24-34)28-12-8-5-9-13-28/h4-25H,3H2,1-2H3. The molecule has 0 aliphatic rings. The lowest BCUT2D eigenvalue weighted by Crippen LogP contribution is -1.90. The van der Waals surface area contributed by atoms with E-state index in [1.54, 1.807) is 0 Å². The van der Waals surface area contributed by atoms with E-state index in [9.17, 15) is 0 Å². The highest BCUT2D eigenvalue weighted by Crippen LogP contribution is 2.34. The van der Waals surface area contributed by atoms with Crippen LogP contribution in [0.25, 0.3) is 44.5 Å². The maximum Gasteiger partial charge on any atom is -0.0172 e. The quantitative estimate of drug-likeness (QED) is 0.247. The molecule has 0 aliphatic heterocycles. The Hall–Kier alpha value is -3.90. The zero-order valence-electron chi connectivity index (χ0n) is 19.9. The molecule has 0 heteroatoms. The first-order chi connectivity index (χ1) is 16.7. The lowest BCUT2D eigenvalue weighted by atomic mass is 9.92. The molecule has 5 aromatic rings. The molecule has 0 N–H and O–H groups in total. The first kappa shape index (κ1) is 21.9. The van der Waals surface area contributed by atoms with E-state index in [0.29, 0.717) is 5.92 Å². The Morgan fingerprint density at radius 3 is 1.12 bits per heavy atom. The van der Waals surface area contributed by atoms with Crippen molar-refractivity contribution in [2.75, 3.05) is 0 Å². The first-order valence-electron chi connectivity index (χ1n) is 12.2. The van der Waals surface area contributed by atoms with E-state index in [-0.39, 0.29) is 0 Å².